The first-order chi connectivity index (χ1) is 11.0. The van der Waals surface area contributed by atoms with Gasteiger partial charge in [-0.1, -0.05) is 42.0 Å². The average Bonchev–Trinajstić information content (AvgIpc) is 2.55. The molecule has 5 heteroatoms. The van der Waals surface area contributed by atoms with Crippen LogP contribution in [-0.2, 0) is 6.54 Å². The first-order valence-corrected chi connectivity index (χ1v) is 7.14. The van der Waals surface area contributed by atoms with Gasteiger partial charge in [0.1, 0.15) is 0 Å². The summed E-state index contributed by atoms with van der Waals surface area (Å²) in [4.78, 5) is 22.4. The fourth-order valence-electron chi connectivity index (χ4n) is 1.89. The summed E-state index contributed by atoms with van der Waals surface area (Å²) in [7, 11) is 0. The number of aryl methyl sites for hydroxylation is 1. The third-order valence-electron chi connectivity index (χ3n) is 3.22. The molecule has 23 heavy (non-hydrogen) atoms. The van der Waals surface area contributed by atoms with Crippen LogP contribution in [-0.4, -0.2) is 17.1 Å². The molecule has 0 fully saturated rings. The minimum absolute atomic E-state index is 0.222. The van der Waals surface area contributed by atoms with Gasteiger partial charge in [-0.15, -0.1) is 0 Å². The van der Waals surface area contributed by atoms with E-state index in [1.807, 2.05) is 31.2 Å². The Labute approximate surface area is 134 Å². The van der Waals surface area contributed by atoms with Gasteiger partial charge in [-0.2, -0.15) is 0 Å². The number of carboxylic acid groups (broad SMARTS) is 1. The Morgan fingerprint density at radius 1 is 1.04 bits per heavy atom. The quantitative estimate of drug-likeness (QED) is 0.793. The third kappa shape index (κ3) is 5.32. The SMILES string of the molecule is Cc1ccc(/C=C/NC(=O)NCc2ccc(C(=O)O)cc2)cc1. The second-order valence-electron chi connectivity index (χ2n) is 5.07. The van der Waals surface area contributed by atoms with Crippen molar-refractivity contribution < 1.29 is 14.7 Å². The summed E-state index contributed by atoms with van der Waals surface area (Å²) in [6, 6.07) is 14.0. The fourth-order valence-corrected chi connectivity index (χ4v) is 1.89. The molecule has 0 saturated heterocycles. The van der Waals surface area contributed by atoms with Gasteiger partial charge in [-0.25, -0.2) is 9.59 Å². The molecule has 5 nitrogen and oxygen atoms in total. The zero-order chi connectivity index (χ0) is 16.7. The molecule has 0 heterocycles. The van der Waals surface area contributed by atoms with E-state index >= 15 is 0 Å². The molecule has 0 aliphatic rings. The van der Waals surface area contributed by atoms with Gasteiger partial charge in [0.25, 0.3) is 0 Å². The van der Waals surface area contributed by atoms with Crippen molar-refractivity contribution in [2.75, 3.05) is 0 Å². The predicted molar refractivity (Wildman–Crippen MR) is 89.0 cm³/mol. The molecule has 0 spiro atoms. The van der Waals surface area contributed by atoms with Crippen LogP contribution in [0, 0.1) is 6.92 Å². The number of rotatable bonds is 5. The lowest BCUT2D eigenvalue weighted by Gasteiger charge is -2.05. The van der Waals surface area contributed by atoms with Crippen molar-refractivity contribution >= 4 is 18.1 Å². The minimum atomic E-state index is -0.969. The Morgan fingerprint density at radius 2 is 1.70 bits per heavy atom. The molecule has 0 aromatic heterocycles. The average molecular weight is 310 g/mol. The predicted octanol–water partition coefficient (Wildman–Crippen LogP) is 3.16. The van der Waals surface area contributed by atoms with Crippen molar-refractivity contribution in [1.82, 2.24) is 10.6 Å². The summed E-state index contributed by atoms with van der Waals surface area (Å²) in [6.07, 6.45) is 3.38. The highest BCUT2D eigenvalue weighted by Crippen LogP contribution is 2.05. The second kappa shape index (κ2) is 7.79. The number of carbonyl (C=O) groups excluding carboxylic acids is 1. The molecule has 0 unspecified atom stereocenters. The number of aromatic carboxylic acids is 1. The number of carbonyl (C=O) groups is 2. The van der Waals surface area contributed by atoms with E-state index in [1.54, 1.807) is 24.4 Å². The number of benzene rings is 2. The highest BCUT2D eigenvalue weighted by molar-refractivity contribution is 5.87. The number of hydrogen-bond donors (Lipinski definition) is 3. The maximum Gasteiger partial charge on any atom is 0.335 e. The number of hydrogen-bond acceptors (Lipinski definition) is 2. The lowest BCUT2D eigenvalue weighted by molar-refractivity contribution is 0.0697. The van der Waals surface area contributed by atoms with Gasteiger partial charge >= 0.3 is 12.0 Å². The summed E-state index contributed by atoms with van der Waals surface area (Å²) in [5.74, 6) is -0.969. The number of amides is 2. The summed E-state index contributed by atoms with van der Waals surface area (Å²) in [5.41, 5.74) is 3.23. The zero-order valence-corrected chi connectivity index (χ0v) is 12.7. The lowest BCUT2D eigenvalue weighted by Crippen LogP contribution is -2.31. The van der Waals surface area contributed by atoms with E-state index in [-0.39, 0.29) is 11.6 Å². The Kier molecular flexibility index (Phi) is 5.52. The summed E-state index contributed by atoms with van der Waals surface area (Å²) in [5, 5.41) is 14.1. The normalized spacial score (nSPS) is 10.5. The van der Waals surface area contributed by atoms with E-state index in [0.29, 0.717) is 6.54 Å². The highest BCUT2D eigenvalue weighted by atomic mass is 16.4. The van der Waals surface area contributed by atoms with Gasteiger partial charge in [0, 0.05) is 12.7 Å². The van der Waals surface area contributed by atoms with Crippen LogP contribution in [0.1, 0.15) is 27.0 Å². The fraction of sp³-hybridized carbons (Fsp3) is 0.111. The van der Waals surface area contributed by atoms with E-state index < -0.39 is 5.97 Å². The van der Waals surface area contributed by atoms with Gasteiger partial charge < -0.3 is 15.7 Å². The van der Waals surface area contributed by atoms with E-state index in [2.05, 4.69) is 10.6 Å². The summed E-state index contributed by atoms with van der Waals surface area (Å²) < 4.78 is 0. The van der Waals surface area contributed by atoms with Crippen LogP contribution in [0.4, 0.5) is 4.79 Å². The van der Waals surface area contributed by atoms with E-state index in [4.69, 9.17) is 5.11 Å². The number of urea groups is 1. The second-order valence-corrected chi connectivity index (χ2v) is 5.07. The van der Waals surface area contributed by atoms with Gasteiger partial charge in [0.15, 0.2) is 0 Å². The molecule has 0 saturated carbocycles. The summed E-state index contributed by atoms with van der Waals surface area (Å²) >= 11 is 0. The maximum absolute atomic E-state index is 11.7. The molecule has 0 aliphatic carbocycles. The van der Waals surface area contributed by atoms with Crippen LogP contribution in [0.2, 0.25) is 0 Å². The third-order valence-corrected chi connectivity index (χ3v) is 3.22. The van der Waals surface area contributed by atoms with Crippen LogP contribution >= 0.6 is 0 Å². The van der Waals surface area contributed by atoms with Crippen molar-refractivity contribution in [3.05, 3.63) is 77.0 Å². The highest BCUT2D eigenvalue weighted by Gasteiger charge is 2.02. The zero-order valence-electron chi connectivity index (χ0n) is 12.7. The molecule has 118 valence electrons. The molecular weight excluding hydrogens is 292 g/mol. The molecular formula is C18H18N2O3. The first kappa shape index (κ1) is 16.3. The van der Waals surface area contributed by atoms with Crippen LogP contribution < -0.4 is 10.6 Å². The van der Waals surface area contributed by atoms with Gasteiger partial charge in [-0.3, -0.25) is 0 Å². The van der Waals surface area contributed by atoms with Crippen molar-refractivity contribution in [3.8, 4) is 0 Å². The van der Waals surface area contributed by atoms with Gasteiger partial charge in [-0.05, 0) is 36.3 Å². The Bertz CT molecular complexity index is 704. The Balaban J connectivity index is 1.78. The standard InChI is InChI=1S/C18H18N2O3/c1-13-2-4-14(5-3-13)10-11-19-18(23)20-12-15-6-8-16(9-7-15)17(21)22/h2-11H,12H2,1H3,(H,21,22)(H2,19,20,23)/b11-10+. The molecule has 0 radical (unpaired) electrons. The Morgan fingerprint density at radius 3 is 2.30 bits per heavy atom. The minimum Gasteiger partial charge on any atom is -0.478 e. The van der Waals surface area contributed by atoms with E-state index in [9.17, 15) is 9.59 Å². The van der Waals surface area contributed by atoms with Crippen molar-refractivity contribution in [2.24, 2.45) is 0 Å². The van der Waals surface area contributed by atoms with Gasteiger partial charge in [0.2, 0.25) is 0 Å². The molecule has 3 N–H and O–H groups in total. The molecule has 2 aromatic rings. The first-order valence-electron chi connectivity index (χ1n) is 7.14. The Hall–Kier alpha value is -3.08. The lowest BCUT2D eigenvalue weighted by atomic mass is 10.1. The maximum atomic E-state index is 11.7. The van der Waals surface area contributed by atoms with Crippen molar-refractivity contribution in [3.63, 3.8) is 0 Å². The van der Waals surface area contributed by atoms with Crippen LogP contribution in [0.25, 0.3) is 6.08 Å². The number of carboxylic acids is 1. The largest absolute Gasteiger partial charge is 0.478 e. The van der Waals surface area contributed by atoms with Gasteiger partial charge in [0.05, 0.1) is 5.56 Å². The summed E-state index contributed by atoms with van der Waals surface area (Å²) in [6.45, 7) is 2.34. The van der Waals surface area contributed by atoms with Crippen LogP contribution in [0.5, 0.6) is 0 Å². The van der Waals surface area contributed by atoms with E-state index in [1.165, 1.54) is 17.7 Å². The number of nitrogens with one attached hydrogen (secondary N) is 2. The van der Waals surface area contributed by atoms with Crippen LogP contribution in [0.15, 0.2) is 54.7 Å². The molecule has 2 aromatic carbocycles. The van der Waals surface area contributed by atoms with Crippen LogP contribution in [0.3, 0.4) is 0 Å². The molecule has 0 aliphatic heterocycles. The van der Waals surface area contributed by atoms with Crippen molar-refractivity contribution in [1.29, 1.82) is 0 Å². The van der Waals surface area contributed by atoms with E-state index in [0.717, 1.165) is 11.1 Å². The van der Waals surface area contributed by atoms with Crippen molar-refractivity contribution in [2.45, 2.75) is 13.5 Å². The molecule has 0 bridgehead atoms. The topological polar surface area (TPSA) is 78.4 Å². The monoisotopic (exact) mass is 310 g/mol. The molecule has 2 amide bonds. The molecule has 2 rings (SSSR count). The molecule has 0 atom stereocenters. The smallest absolute Gasteiger partial charge is 0.335 e.